The molecular formula is C30H34F3N3O5S. The number of benzene rings is 3. The van der Waals surface area contributed by atoms with Crippen molar-refractivity contribution in [3.05, 3.63) is 89.5 Å². The predicted octanol–water partition coefficient (Wildman–Crippen LogP) is 4.86. The van der Waals surface area contributed by atoms with E-state index in [0.717, 1.165) is 12.1 Å². The Hall–Kier alpha value is -3.61. The fraction of sp³-hybridized carbons (Fsp3) is 0.367. The van der Waals surface area contributed by atoms with E-state index < -0.39 is 39.8 Å². The lowest BCUT2D eigenvalue weighted by atomic mass is 9.99. The van der Waals surface area contributed by atoms with Crippen molar-refractivity contribution >= 4 is 21.6 Å². The number of alkyl halides is 3. The van der Waals surface area contributed by atoms with Crippen LogP contribution in [0.3, 0.4) is 0 Å². The summed E-state index contributed by atoms with van der Waals surface area (Å²) in [6, 6.07) is 16.8. The molecule has 0 radical (unpaired) electrons. The van der Waals surface area contributed by atoms with E-state index in [9.17, 15) is 31.5 Å². The van der Waals surface area contributed by atoms with Crippen LogP contribution in [-0.2, 0) is 22.7 Å². The largest absolute Gasteiger partial charge is 0.486 e. The van der Waals surface area contributed by atoms with E-state index in [1.165, 1.54) is 30.3 Å². The maximum absolute atomic E-state index is 13.7. The summed E-state index contributed by atoms with van der Waals surface area (Å²) < 4.78 is 74.3. The van der Waals surface area contributed by atoms with E-state index in [1.807, 2.05) is 11.8 Å². The molecule has 12 heteroatoms. The minimum absolute atomic E-state index is 0.0384. The van der Waals surface area contributed by atoms with Crippen molar-refractivity contribution in [1.29, 1.82) is 0 Å². The van der Waals surface area contributed by atoms with E-state index in [-0.39, 0.29) is 41.0 Å². The Kier molecular flexibility index (Phi) is 9.49. The van der Waals surface area contributed by atoms with E-state index in [1.54, 1.807) is 49.2 Å². The van der Waals surface area contributed by atoms with Gasteiger partial charge in [0.05, 0.1) is 34.4 Å². The molecule has 0 spiro atoms. The molecule has 1 amide bonds. The average molecular weight is 606 g/mol. The van der Waals surface area contributed by atoms with Crippen LogP contribution >= 0.6 is 0 Å². The lowest BCUT2D eigenvalue weighted by molar-refractivity contribution is -0.137. The quantitative estimate of drug-likeness (QED) is 0.362. The van der Waals surface area contributed by atoms with Gasteiger partial charge in [-0.15, -0.1) is 0 Å². The molecule has 3 aromatic rings. The number of aliphatic hydroxyl groups excluding tert-OH is 1. The Morgan fingerprint density at radius 3 is 2.36 bits per heavy atom. The summed E-state index contributed by atoms with van der Waals surface area (Å²) in [5.74, 6) is -0.600. The topological polar surface area (TPSA) is 99.2 Å². The van der Waals surface area contributed by atoms with Gasteiger partial charge in [-0.05, 0) is 55.9 Å². The van der Waals surface area contributed by atoms with Crippen LogP contribution in [-0.4, -0.2) is 68.1 Å². The third-order valence-electron chi connectivity index (χ3n) is 7.21. The summed E-state index contributed by atoms with van der Waals surface area (Å²) in [5.41, 5.74) is 0.179. The Morgan fingerprint density at radius 2 is 1.74 bits per heavy atom. The van der Waals surface area contributed by atoms with E-state index >= 15 is 0 Å². The molecule has 0 bridgehead atoms. The third kappa shape index (κ3) is 7.23. The molecule has 1 aliphatic heterocycles. The van der Waals surface area contributed by atoms with Crippen molar-refractivity contribution in [1.82, 2.24) is 9.80 Å². The van der Waals surface area contributed by atoms with Crippen LogP contribution in [0.25, 0.3) is 0 Å². The number of nitrogens with zero attached hydrogens (tertiary/aromatic N) is 2. The van der Waals surface area contributed by atoms with Gasteiger partial charge in [-0.3, -0.25) is 14.4 Å². The number of carbonyl (C=O) groups is 1. The van der Waals surface area contributed by atoms with Gasteiger partial charge in [0.1, 0.15) is 6.10 Å². The minimum atomic E-state index is -4.42. The summed E-state index contributed by atoms with van der Waals surface area (Å²) in [4.78, 5) is 17.1. The SMILES string of the molecule is C[C@@H]1CN([C@@H](C)CO)C(=O)c2cccc(NS(=O)(=O)c3ccccc3)c2O[C@H]1CN(C)Cc1ccc(C(F)(F)F)cc1. The molecule has 0 saturated carbocycles. The van der Waals surface area contributed by atoms with Crippen LogP contribution in [0.5, 0.6) is 5.75 Å². The Bertz CT molecular complexity index is 1480. The fourth-order valence-corrected chi connectivity index (χ4v) is 5.91. The molecular weight excluding hydrogens is 571 g/mol. The predicted molar refractivity (Wildman–Crippen MR) is 153 cm³/mol. The first-order valence-corrected chi connectivity index (χ1v) is 14.9. The molecule has 4 rings (SSSR count). The normalized spacial score (nSPS) is 18.6. The van der Waals surface area contributed by atoms with E-state index in [4.69, 9.17) is 4.74 Å². The summed E-state index contributed by atoms with van der Waals surface area (Å²) in [6.45, 7) is 4.25. The highest BCUT2D eigenvalue weighted by atomic mass is 32.2. The van der Waals surface area contributed by atoms with E-state index in [2.05, 4.69) is 4.72 Å². The number of likely N-dealkylation sites (N-methyl/N-ethyl adjacent to an activating group) is 1. The summed E-state index contributed by atoms with van der Waals surface area (Å²) in [7, 11) is -2.21. The number of carbonyl (C=O) groups excluding carboxylic acids is 1. The van der Waals surface area contributed by atoms with Crippen LogP contribution in [0.4, 0.5) is 18.9 Å². The number of fused-ring (bicyclic) bond motifs is 1. The first-order valence-electron chi connectivity index (χ1n) is 13.4. The van der Waals surface area contributed by atoms with Gasteiger partial charge < -0.3 is 14.7 Å². The molecule has 0 saturated heterocycles. The third-order valence-corrected chi connectivity index (χ3v) is 8.60. The second-order valence-corrected chi connectivity index (χ2v) is 12.3. The highest BCUT2D eigenvalue weighted by molar-refractivity contribution is 7.92. The Labute approximate surface area is 243 Å². The number of halogens is 3. The molecule has 0 unspecified atom stereocenters. The van der Waals surface area contributed by atoms with Crippen molar-refractivity contribution in [3.63, 3.8) is 0 Å². The summed E-state index contributed by atoms with van der Waals surface area (Å²) >= 11 is 0. The average Bonchev–Trinajstić information content (AvgIpc) is 2.95. The number of hydrogen-bond acceptors (Lipinski definition) is 6. The molecule has 1 aliphatic rings. The number of hydrogen-bond donors (Lipinski definition) is 2. The van der Waals surface area contributed by atoms with Crippen molar-refractivity contribution in [2.75, 3.05) is 31.5 Å². The van der Waals surface area contributed by atoms with Crippen molar-refractivity contribution < 1.29 is 36.2 Å². The molecule has 226 valence electrons. The number of amides is 1. The van der Waals surface area contributed by atoms with Crippen LogP contribution in [0, 0.1) is 5.92 Å². The van der Waals surface area contributed by atoms with Crippen LogP contribution in [0.1, 0.15) is 35.3 Å². The number of rotatable bonds is 9. The molecule has 2 N–H and O–H groups in total. The second-order valence-electron chi connectivity index (χ2n) is 10.6. The number of sulfonamides is 1. The first kappa shape index (κ1) is 31.3. The molecule has 0 aliphatic carbocycles. The summed E-state index contributed by atoms with van der Waals surface area (Å²) in [5, 5.41) is 9.88. The number of aliphatic hydroxyl groups is 1. The highest BCUT2D eigenvalue weighted by Crippen LogP contribution is 2.36. The van der Waals surface area contributed by atoms with Gasteiger partial charge >= 0.3 is 6.18 Å². The maximum Gasteiger partial charge on any atom is 0.416 e. The van der Waals surface area contributed by atoms with Gasteiger partial charge in [0.2, 0.25) is 0 Å². The standard InChI is InChI=1S/C30H34F3N3O5S/c1-20-16-36(21(2)19-37)29(38)25-10-7-11-26(34-42(39,40)24-8-5-4-6-9-24)28(25)41-27(20)18-35(3)17-22-12-14-23(15-13-22)30(31,32)33/h4-15,20-21,27,34,37H,16-19H2,1-3H3/t20-,21+,27+/m1/s1. The van der Waals surface area contributed by atoms with Crippen molar-refractivity contribution in [2.45, 2.75) is 43.6 Å². The number of anilines is 1. The lowest BCUT2D eigenvalue weighted by Gasteiger charge is -2.38. The van der Waals surface area contributed by atoms with Gasteiger partial charge in [0, 0.05) is 25.6 Å². The molecule has 3 aromatic carbocycles. The van der Waals surface area contributed by atoms with Crippen LogP contribution in [0.15, 0.2) is 77.7 Å². The zero-order chi connectivity index (χ0) is 30.7. The van der Waals surface area contributed by atoms with Crippen molar-refractivity contribution in [2.24, 2.45) is 5.92 Å². The molecule has 0 aromatic heterocycles. The minimum Gasteiger partial charge on any atom is -0.486 e. The summed E-state index contributed by atoms with van der Waals surface area (Å²) in [6.07, 6.45) is -4.97. The Balaban J connectivity index is 1.66. The van der Waals surface area contributed by atoms with Crippen LogP contribution in [0.2, 0.25) is 0 Å². The first-order chi connectivity index (χ1) is 19.8. The van der Waals surface area contributed by atoms with Gasteiger partial charge in [-0.2, -0.15) is 13.2 Å². The van der Waals surface area contributed by atoms with Crippen LogP contribution < -0.4 is 9.46 Å². The van der Waals surface area contributed by atoms with E-state index in [0.29, 0.717) is 18.7 Å². The van der Waals surface area contributed by atoms with Gasteiger partial charge in [-0.25, -0.2) is 8.42 Å². The zero-order valence-electron chi connectivity index (χ0n) is 23.5. The smallest absolute Gasteiger partial charge is 0.416 e. The number of nitrogens with one attached hydrogen (secondary N) is 1. The highest BCUT2D eigenvalue weighted by Gasteiger charge is 2.35. The van der Waals surface area contributed by atoms with Gasteiger partial charge in [0.15, 0.2) is 5.75 Å². The molecule has 42 heavy (non-hydrogen) atoms. The second kappa shape index (κ2) is 12.7. The van der Waals surface area contributed by atoms with Gasteiger partial charge in [-0.1, -0.05) is 43.3 Å². The number of ether oxygens (including phenoxy) is 1. The van der Waals surface area contributed by atoms with Crippen molar-refractivity contribution in [3.8, 4) is 5.75 Å². The Morgan fingerprint density at radius 1 is 1.07 bits per heavy atom. The maximum atomic E-state index is 13.7. The molecule has 1 heterocycles. The zero-order valence-corrected chi connectivity index (χ0v) is 24.3. The molecule has 3 atom stereocenters. The fourth-order valence-electron chi connectivity index (χ4n) is 4.83. The monoisotopic (exact) mass is 605 g/mol. The molecule has 8 nitrogen and oxygen atoms in total. The molecule has 0 fully saturated rings. The number of para-hydroxylation sites is 1. The lowest BCUT2D eigenvalue weighted by Crippen LogP contribution is -2.49. The van der Waals surface area contributed by atoms with Gasteiger partial charge in [0.25, 0.3) is 15.9 Å².